The van der Waals surface area contributed by atoms with Crippen molar-refractivity contribution >= 4 is 5.91 Å². The minimum Gasteiger partial charge on any atom is -0.492 e. The summed E-state index contributed by atoms with van der Waals surface area (Å²) in [6.07, 6.45) is 2.04. The number of amides is 1. The zero-order valence-corrected chi connectivity index (χ0v) is 12.3. The van der Waals surface area contributed by atoms with E-state index >= 15 is 0 Å². The van der Waals surface area contributed by atoms with Gasteiger partial charge in [-0.1, -0.05) is 12.1 Å². The van der Waals surface area contributed by atoms with Crippen LogP contribution in [0, 0.1) is 12.8 Å². The molecule has 1 saturated heterocycles. The number of piperidine rings is 1. The van der Waals surface area contributed by atoms with Crippen LogP contribution in [-0.4, -0.2) is 31.6 Å². The molecule has 0 aliphatic carbocycles. The second-order valence-electron chi connectivity index (χ2n) is 5.45. The van der Waals surface area contributed by atoms with Crippen LogP contribution >= 0.6 is 0 Å². The van der Waals surface area contributed by atoms with Crippen molar-refractivity contribution in [3.63, 3.8) is 0 Å². The van der Waals surface area contributed by atoms with E-state index < -0.39 is 0 Å². The van der Waals surface area contributed by atoms with Crippen LogP contribution in [0.5, 0.6) is 5.75 Å². The van der Waals surface area contributed by atoms with Gasteiger partial charge in [0.1, 0.15) is 12.4 Å². The highest BCUT2D eigenvalue weighted by Crippen LogP contribution is 2.16. The van der Waals surface area contributed by atoms with Gasteiger partial charge in [-0.3, -0.25) is 4.79 Å². The van der Waals surface area contributed by atoms with E-state index in [9.17, 15) is 4.79 Å². The molecule has 1 aromatic rings. The highest BCUT2D eigenvalue weighted by molar-refractivity contribution is 5.79. The molecule has 1 aliphatic rings. The van der Waals surface area contributed by atoms with Crippen molar-refractivity contribution in [3.05, 3.63) is 29.8 Å². The quantitative estimate of drug-likeness (QED) is 0.807. The first-order valence-corrected chi connectivity index (χ1v) is 7.37. The average molecular weight is 276 g/mol. The molecule has 110 valence electrons. The van der Waals surface area contributed by atoms with E-state index in [1.54, 1.807) is 0 Å². The monoisotopic (exact) mass is 276 g/mol. The third-order valence-electron chi connectivity index (χ3n) is 3.76. The standard InChI is InChI=1S/C16H24N2O2/c1-12-5-3-6-14(11-12)20-10-9-18-16(19)15-7-4-8-17-13(15)2/h3,5-6,11,13,15,17H,4,7-10H2,1-2H3,(H,18,19). The Morgan fingerprint density at radius 2 is 2.35 bits per heavy atom. The van der Waals surface area contributed by atoms with Gasteiger partial charge in [0.2, 0.25) is 5.91 Å². The molecule has 2 atom stereocenters. The molecule has 2 N–H and O–H groups in total. The van der Waals surface area contributed by atoms with Crippen LogP contribution < -0.4 is 15.4 Å². The number of rotatable bonds is 5. The molecule has 1 fully saturated rings. The van der Waals surface area contributed by atoms with Crippen LogP contribution in [0.4, 0.5) is 0 Å². The first kappa shape index (κ1) is 14.9. The van der Waals surface area contributed by atoms with Gasteiger partial charge in [0, 0.05) is 6.04 Å². The molecular formula is C16H24N2O2. The summed E-state index contributed by atoms with van der Waals surface area (Å²) < 4.78 is 5.62. The number of carbonyl (C=O) groups is 1. The molecule has 4 heteroatoms. The maximum absolute atomic E-state index is 12.1. The van der Waals surface area contributed by atoms with Gasteiger partial charge in [-0.05, 0) is 50.9 Å². The number of hydrogen-bond acceptors (Lipinski definition) is 3. The summed E-state index contributed by atoms with van der Waals surface area (Å²) in [7, 11) is 0. The van der Waals surface area contributed by atoms with Gasteiger partial charge in [0.05, 0.1) is 12.5 Å². The third kappa shape index (κ3) is 4.23. The minimum absolute atomic E-state index is 0.0859. The van der Waals surface area contributed by atoms with E-state index in [1.165, 1.54) is 5.56 Å². The molecule has 1 amide bonds. The Morgan fingerprint density at radius 3 is 3.10 bits per heavy atom. The van der Waals surface area contributed by atoms with Gasteiger partial charge < -0.3 is 15.4 Å². The second-order valence-corrected chi connectivity index (χ2v) is 5.45. The van der Waals surface area contributed by atoms with E-state index in [2.05, 4.69) is 17.6 Å². The highest BCUT2D eigenvalue weighted by Gasteiger charge is 2.26. The Kier molecular flexibility index (Phi) is 5.41. The normalized spacial score (nSPS) is 22.3. The predicted octanol–water partition coefficient (Wildman–Crippen LogP) is 1.88. The molecule has 20 heavy (non-hydrogen) atoms. The maximum Gasteiger partial charge on any atom is 0.224 e. The molecule has 1 aliphatic heterocycles. The Hall–Kier alpha value is -1.55. The van der Waals surface area contributed by atoms with Crippen molar-refractivity contribution in [3.8, 4) is 5.75 Å². The number of aryl methyl sites for hydroxylation is 1. The number of nitrogens with one attached hydrogen (secondary N) is 2. The van der Waals surface area contributed by atoms with Crippen molar-refractivity contribution in [1.82, 2.24) is 10.6 Å². The smallest absolute Gasteiger partial charge is 0.224 e. The highest BCUT2D eigenvalue weighted by atomic mass is 16.5. The number of carbonyl (C=O) groups excluding carboxylic acids is 1. The minimum atomic E-state index is 0.0859. The molecular weight excluding hydrogens is 252 g/mol. The first-order valence-electron chi connectivity index (χ1n) is 7.37. The lowest BCUT2D eigenvalue weighted by atomic mass is 9.91. The van der Waals surface area contributed by atoms with Gasteiger partial charge in [0.25, 0.3) is 0 Å². The number of hydrogen-bond donors (Lipinski definition) is 2. The summed E-state index contributed by atoms with van der Waals surface area (Å²) in [4.78, 5) is 12.1. The molecule has 2 unspecified atom stereocenters. The summed E-state index contributed by atoms with van der Waals surface area (Å²) in [5.41, 5.74) is 1.17. The largest absolute Gasteiger partial charge is 0.492 e. The second kappa shape index (κ2) is 7.29. The lowest BCUT2D eigenvalue weighted by Gasteiger charge is -2.28. The van der Waals surface area contributed by atoms with Crippen LogP contribution in [0.2, 0.25) is 0 Å². The maximum atomic E-state index is 12.1. The summed E-state index contributed by atoms with van der Waals surface area (Å²) in [6.45, 7) is 6.18. The van der Waals surface area contributed by atoms with E-state index in [0.29, 0.717) is 13.2 Å². The lowest BCUT2D eigenvalue weighted by molar-refractivity contribution is -0.126. The van der Waals surface area contributed by atoms with Crippen LogP contribution in [-0.2, 0) is 4.79 Å². The Labute approximate surface area is 120 Å². The molecule has 1 heterocycles. The summed E-state index contributed by atoms with van der Waals surface area (Å²) in [5.74, 6) is 1.08. The predicted molar refractivity (Wildman–Crippen MR) is 79.9 cm³/mol. The van der Waals surface area contributed by atoms with Crippen molar-refractivity contribution in [1.29, 1.82) is 0 Å². The lowest BCUT2D eigenvalue weighted by Crippen LogP contribution is -2.47. The molecule has 0 saturated carbocycles. The van der Waals surface area contributed by atoms with Crippen molar-refractivity contribution in [2.24, 2.45) is 5.92 Å². The van der Waals surface area contributed by atoms with Crippen LogP contribution in [0.25, 0.3) is 0 Å². The van der Waals surface area contributed by atoms with Crippen LogP contribution in [0.1, 0.15) is 25.3 Å². The SMILES string of the molecule is Cc1cccc(OCCNC(=O)C2CCCNC2C)c1. The molecule has 0 spiro atoms. The van der Waals surface area contributed by atoms with Crippen LogP contribution in [0.15, 0.2) is 24.3 Å². The van der Waals surface area contributed by atoms with Crippen LogP contribution in [0.3, 0.4) is 0 Å². The molecule has 0 bridgehead atoms. The fourth-order valence-corrected chi connectivity index (χ4v) is 2.58. The number of benzene rings is 1. The summed E-state index contributed by atoms with van der Waals surface area (Å²) in [6, 6.07) is 8.20. The molecule has 2 rings (SSSR count). The van der Waals surface area contributed by atoms with Gasteiger partial charge in [-0.2, -0.15) is 0 Å². The Balaban J connectivity index is 1.69. The van der Waals surface area contributed by atoms with Crippen molar-refractivity contribution in [2.75, 3.05) is 19.7 Å². The third-order valence-corrected chi connectivity index (χ3v) is 3.76. The average Bonchev–Trinajstić information content (AvgIpc) is 2.44. The molecule has 0 radical (unpaired) electrons. The molecule has 1 aromatic carbocycles. The topological polar surface area (TPSA) is 50.4 Å². The molecule has 0 aromatic heterocycles. The van der Waals surface area contributed by atoms with Crippen molar-refractivity contribution < 1.29 is 9.53 Å². The van der Waals surface area contributed by atoms with Gasteiger partial charge in [-0.15, -0.1) is 0 Å². The van der Waals surface area contributed by atoms with E-state index in [4.69, 9.17) is 4.74 Å². The van der Waals surface area contributed by atoms with Gasteiger partial charge >= 0.3 is 0 Å². The van der Waals surface area contributed by atoms with Gasteiger partial charge in [-0.25, -0.2) is 0 Å². The first-order chi connectivity index (χ1) is 9.66. The zero-order chi connectivity index (χ0) is 14.4. The Morgan fingerprint density at radius 1 is 1.50 bits per heavy atom. The fourth-order valence-electron chi connectivity index (χ4n) is 2.58. The summed E-state index contributed by atoms with van der Waals surface area (Å²) >= 11 is 0. The Bertz CT molecular complexity index is 448. The van der Waals surface area contributed by atoms with E-state index in [-0.39, 0.29) is 17.9 Å². The van der Waals surface area contributed by atoms with E-state index in [0.717, 1.165) is 25.1 Å². The summed E-state index contributed by atoms with van der Waals surface area (Å²) in [5, 5.41) is 6.31. The molecule has 4 nitrogen and oxygen atoms in total. The fraction of sp³-hybridized carbons (Fsp3) is 0.562. The van der Waals surface area contributed by atoms with E-state index in [1.807, 2.05) is 31.2 Å². The van der Waals surface area contributed by atoms with Crippen molar-refractivity contribution in [2.45, 2.75) is 32.7 Å². The number of ether oxygens (including phenoxy) is 1. The van der Waals surface area contributed by atoms with Gasteiger partial charge in [0.15, 0.2) is 0 Å². The zero-order valence-electron chi connectivity index (χ0n) is 12.3.